The van der Waals surface area contributed by atoms with Crippen molar-refractivity contribution in [3.05, 3.63) is 35.8 Å². The van der Waals surface area contributed by atoms with Gasteiger partial charge in [-0.3, -0.25) is 14.4 Å². The molecule has 16 heteroatoms. The van der Waals surface area contributed by atoms with Gasteiger partial charge >= 0.3 is 29.8 Å². The van der Waals surface area contributed by atoms with Gasteiger partial charge in [-0.25, -0.2) is 9.59 Å². The third kappa shape index (κ3) is 3.78. The molecular weight excluding hydrogens is 652 g/mol. The van der Waals surface area contributed by atoms with Crippen LogP contribution in [0.4, 0.5) is 0 Å². The predicted octanol–water partition coefficient (Wildman–Crippen LogP) is -0.473. The van der Waals surface area contributed by atoms with E-state index in [4.69, 9.17) is 28.1 Å². The fourth-order valence-corrected chi connectivity index (χ4v) is 10.8. The normalized spacial score (nSPS) is 46.7. The second-order valence-electron chi connectivity index (χ2n) is 14.6. The lowest BCUT2D eigenvalue weighted by molar-refractivity contribution is -0.422. The Morgan fingerprint density at radius 3 is 2.12 bits per heavy atom. The molecule has 1 aromatic heterocycles. The molecular formula is C33H40O16. The molecule has 0 aromatic carbocycles. The van der Waals surface area contributed by atoms with Gasteiger partial charge in [-0.15, -0.1) is 0 Å². The van der Waals surface area contributed by atoms with Crippen LogP contribution in [0.25, 0.3) is 0 Å². The fraction of sp³-hybridized carbons (Fsp3) is 0.667. The summed E-state index contributed by atoms with van der Waals surface area (Å²) in [5.41, 5.74) is -18.1. The molecule has 4 saturated carbocycles. The first-order valence-corrected chi connectivity index (χ1v) is 15.7. The van der Waals surface area contributed by atoms with Crippen LogP contribution in [0, 0.1) is 22.2 Å². The summed E-state index contributed by atoms with van der Waals surface area (Å²) in [6.45, 7) is 7.15. The van der Waals surface area contributed by atoms with Crippen molar-refractivity contribution in [2.75, 3.05) is 7.11 Å². The zero-order valence-corrected chi connectivity index (χ0v) is 27.9. The summed E-state index contributed by atoms with van der Waals surface area (Å²) < 4.78 is 32.8. The highest BCUT2D eigenvalue weighted by Gasteiger charge is 2.98. The minimum Gasteiger partial charge on any atom is -0.472 e. The minimum absolute atomic E-state index is 0.243. The number of esters is 5. The highest BCUT2D eigenvalue weighted by Crippen LogP contribution is 2.83. The van der Waals surface area contributed by atoms with Crippen LogP contribution in [-0.4, -0.2) is 109 Å². The van der Waals surface area contributed by atoms with Crippen molar-refractivity contribution in [2.45, 2.75) is 107 Å². The van der Waals surface area contributed by atoms with Crippen molar-refractivity contribution in [1.29, 1.82) is 0 Å². The van der Waals surface area contributed by atoms with E-state index in [1.165, 1.54) is 39.4 Å². The van der Waals surface area contributed by atoms with Crippen molar-refractivity contribution in [1.82, 2.24) is 0 Å². The number of hydrogen-bond acceptors (Lipinski definition) is 16. The molecule has 268 valence electrons. The van der Waals surface area contributed by atoms with Crippen LogP contribution in [0.5, 0.6) is 0 Å². The number of ether oxygens (including phenoxy) is 5. The molecule has 5 aliphatic rings. The first-order chi connectivity index (χ1) is 22.6. The smallest absolute Gasteiger partial charge is 0.347 e. The number of cyclic esters (lactones) is 1. The molecule has 4 aliphatic carbocycles. The maximum Gasteiger partial charge on any atom is 0.347 e. The number of fused-ring (bicyclic) bond motifs is 5. The minimum atomic E-state index is -3.16. The van der Waals surface area contributed by atoms with E-state index in [0.29, 0.717) is 0 Å². The van der Waals surface area contributed by atoms with Crippen LogP contribution in [-0.2, 0) is 47.7 Å². The van der Waals surface area contributed by atoms with Gasteiger partial charge in [0.25, 0.3) is 0 Å². The summed E-state index contributed by atoms with van der Waals surface area (Å²) >= 11 is 0. The number of furan rings is 1. The number of aliphatic hydroxyl groups excluding tert-OH is 1. The van der Waals surface area contributed by atoms with E-state index in [9.17, 15) is 49.5 Å². The Balaban J connectivity index is 1.73. The number of carbonyl (C=O) groups is 5. The number of aliphatic hydroxyl groups is 5. The van der Waals surface area contributed by atoms with Crippen LogP contribution in [0.1, 0.15) is 66.1 Å². The second-order valence-corrected chi connectivity index (χ2v) is 14.6. The molecule has 5 N–H and O–H groups in total. The maximum atomic E-state index is 13.5. The third-order valence-electron chi connectivity index (χ3n) is 12.4. The van der Waals surface area contributed by atoms with E-state index in [-0.39, 0.29) is 5.56 Å². The van der Waals surface area contributed by atoms with Crippen LogP contribution < -0.4 is 0 Å². The molecule has 2 bridgehead atoms. The third-order valence-corrected chi connectivity index (χ3v) is 12.4. The number of carbonyl (C=O) groups excluding carboxylic acids is 5. The van der Waals surface area contributed by atoms with Crippen molar-refractivity contribution in [2.24, 2.45) is 22.2 Å². The second kappa shape index (κ2) is 10.4. The summed E-state index contributed by atoms with van der Waals surface area (Å²) in [5, 5.41) is 64.6. The summed E-state index contributed by atoms with van der Waals surface area (Å²) in [5.74, 6) is -6.67. The molecule has 13 atom stereocenters. The first kappa shape index (κ1) is 35.0. The molecule has 2 heterocycles. The Hall–Kier alpha value is -3.83. The molecule has 1 aliphatic heterocycles. The lowest BCUT2D eigenvalue weighted by Crippen LogP contribution is -2.93. The Bertz CT molecular complexity index is 1670. The summed E-state index contributed by atoms with van der Waals surface area (Å²) in [4.78, 5) is 64.6. The molecule has 0 saturated heterocycles. The summed E-state index contributed by atoms with van der Waals surface area (Å²) in [6.07, 6.45) is -7.41. The molecule has 0 amide bonds. The van der Waals surface area contributed by atoms with Crippen molar-refractivity contribution in [3.63, 3.8) is 0 Å². The lowest BCUT2D eigenvalue weighted by atomic mass is 9.34. The zero-order chi connectivity index (χ0) is 36.5. The number of methoxy groups -OCH3 is 1. The maximum absolute atomic E-state index is 13.5. The van der Waals surface area contributed by atoms with E-state index < -0.39 is 123 Å². The van der Waals surface area contributed by atoms with Crippen molar-refractivity contribution >= 4 is 29.8 Å². The molecule has 1 aromatic rings. The quantitative estimate of drug-likeness (QED) is 0.187. The summed E-state index contributed by atoms with van der Waals surface area (Å²) in [6, 6.07) is 1.45. The van der Waals surface area contributed by atoms with Crippen molar-refractivity contribution in [3.8, 4) is 0 Å². The lowest BCUT2D eigenvalue weighted by Gasteiger charge is -2.75. The van der Waals surface area contributed by atoms with E-state index in [2.05, 4.69) is 0 Å². The van der Waals surface area contributed by atoms with Crippen molar-refractivity contribution < 1.29 is 77.6 Å². The van der Waals surface area contributed by atoms with E-state index in [1.54, 1.807) is 0 Å². The van der Waals surface area contributed by atoms with Gasteiger partial charge in [-0.2, -0.15) is 0 Å². The molecule has 0 spiro atoms. The molecule has 13 unspecified atom stereocenters. The molecule has 0 radical (unpaired) electrons. The topological polar surface area (TPSA) is 246 Å². The Labute approximate surface area is 279 Å². The SMILES string of the molecule is COC(=O)C(OC(C)=O)C1C2(C)CC3(O)C(O)(C2OC(C)=O)C(O)C2(O)C4=CC(=O)OC(c5ccoc5)C4(C)C(OC(C)=O)CC2(O)C13C. The van der Waals surface area contributed by atoms with Gasteiger partial charge in [0, 0.05) is 55.6 Å². The Morgan fingerprint density at radius 1 is 0.959 bits per heavy atom. The van der Waals surface area contributed by atoms with Gasteiger partial charge in [0.2, 0.25) is 6.10 Å². The van der Waals surface area contributed by atoms with Gasteiger partial charge in [0.1, 0.15) is 41.2 Å². The molecule has 16 nitrogen and oxygen atoms in total. The summed E-state index contributed by atoms with van der Waals surface area (Å²) in [7, 11) is 0.998. The highest BCUT2D eigenvalue weighted by molar-refractivity contribution is 5.86. The van der Waals surface area contributed by atoms with Crippen LogP contribution in [0.3, 0.4) is 0 Å². The Morgan fingerprint density at radius 2 is 1.59 bits per heavy atom. The average Bonchev–Trinajstić information content (AvgIpc) is 3.65. The van der Waals surface area contributed by atoms with Gasteiger partial charge in [0.15, 0.2) is 5.60 Å². The fourth-order valence-electron chi connectivity index (χ4n) is 10.8. The highest BCUT2D eigenvalue weighted by atomic mass is 16.6. The Kier molecular flexibility index (Phi) is 7.40. The zero-order valence-electron chi connectivity index (χ0n) is 27.9. The van der Waals surface area contributed by atoms with Gasteiger partial charge in [-0.1, -0.05) is 13.8 Å². The predicted molar refractivity (Wildman–Crippen MR) is 157 cm³/mol. The van der Waals surface area contributed by atoms with E-state index >= 15 is 0 Å². The first-order valence-electron chi connectivity index (χ1n) is 15.7. The van der Waals surface area contributed by atoms with Crippen LogP contribution in [0.2, 0.25) is 0 Å². The standard InChI is InChI=1S/C33H40O16/c1-14(34)46-19-11-30(40)29(6)22(21(24(38)44-7)47-15(2)35)27(4)13-31(29,41)33(43,26(27)48-16(3)36)25(39)32(30,42)18-10-20(37)49-23(28(18,19)5)17-8-9-45-12-17/h8-10,12,19,21-23,25-26,39-43H,11,13H2,1-7H3. The average molecular weight is 693 g/mol. The van der Waals surface area contributed by atoms with Gasteiger partial charge < -0.3 is 53.6 Å². The van der Waals surface area contributed by atoms with Gasteiger partial charge in [-0.05, 0) is 25.0 Å². The van der Waals surface area contributed by atoms with Gasteiger partial charge in [0.05, 0.1) is 25.1 Å². The van der Waals surface area contributed by atoms with Crippen LogP contribution >= 0.6 is 0 Å². The number of hydrogen-bond donors (Lipinski definition) is 5. The molecule has 6 rings (SSSR count). The van der Waals surface area contributed by atoms with E-state index in [0.717, 1.165) is 34.0 Å². The molecule has 49 heavy (non-hydrogen) atoms. The molecule has 4 fully saturated rings. The largest absolute Gasteiger partial charge is 0.472 e. The number of rotatable bonds is 6. The van der Waals surface area contributed by atoms with Crippen LogP contribution in [0.15, 0.2) is 34.7 Å². The monoisotopic (exact) mass is 692 g/mol. The van der Waals surface area contributed by atoms with E-state index in [1.807, 2.05) is 0 Å².